The number of nitro benzene ring substituents is 1. The highest BCUT2D eigenvalue weighted by molar-refractivity contribution is 7.84. The number of nitrogens with zero attached hydrogens (tertiary/aromatic N) is 1. The van der Waals surface area contributed by atoms with Gasteiger partial charge in [-0.2, -0.15) is 0 Å². The average molecular weight is 314 g/mol. The Bertz CT molecular complexity index is 508. The van der Waals surface area contributed by atoms with Crippen molar-refractivity contribution in [2.75, 3.05) is 24.7 Å². The molecule has 1 aromatic rings. The van der Waals surface area contributed by atoms with E-state index in [4.69, 9.17) is 4.74 Å². The van der Waals surface area contributed by atoms with Gasteiger partial charge < -0.3 is 10.1 Å². The van der Waals surface area contributed by atoms with Crippen LogP contribution in [0.15, 0.2) is 18.2 Å². The number of benzene rings is 1. The molecule has 0 aliphatic carbocycles. The molecule has 0 heterocycles. The summed E-state index contributed by atoms with van der Waals surface area (Å²) in [7, 11) is -0.862. The molecule has 21 heavy (non-hydrogen) atoms. The maximum absolute atomic E-state index is 11.3. The molecule has 0 saturated carbocycles. The van der Waals surface area contributed by atoms with Crippen molar-refractivity contribution in [1.29, 1.82) is 0 Å². The van der Waals surface area contributed by atoms with Crippen LogP contribution in [0.1, 0.15) is 26.7 Å². The van der Waals surface area contributed by atoms with Crippen molar-refractivity contribution in [3.8, 4) is 5.75 Å². The van der Waals surface area contributed by atoms with Crippen molar-refractivity contribution < 1.29 is 13.9 Å². The summed E-state index contributed by atoms with van der Waals surface area (Å²) in [5.74, 6) is 0.487. The summed E-state index contributed by atoms with van der Waals surface area (Å²) in [5, 5.41) is 14.1. The van der Waals surface area contributed by atoms with E-state index in [9.17, 15) is 14.3 Å². The lowest BCUT2D eigenvalue weighted by Gasteiger charge is -2.12. The molecule has 1 rings (SSSR count). The van der Waals surface area contributed by atoms with E-state index >= 15 is 0 Å². The van der Waals surface area contributed by atoms with E-state index in [1.165, 1.54) is 12.1 Å². The number of nitro groups is 1. The molecule has 0 aliphatic rings. The van der Waals surface area contributed by atoms with Crippen LogP contribution in [0.3, 0.4) is 0 Å². The van der Waals surface area contributed by atoms with Crippen LogP contribution < -0.4 is 10.1 Å². The highest BCUT2D eigenvalue weighted by Gasteiger charge is 2.11. The van der Waals surface area contributed by atoms with Crippen LogP contribution in [-0.4, -0.2) is 33.8 Å². The van der Waals surface area contributed by atoms with Gasteiger partial charge in [0, 0.05) is 46.7 Å². The summed E-state index contributed by atoms with van der Waals surface area (Å²) in [6.07, 6.45) is 3.25. The minimum Gasteiger partial charge on any atom is -0.493 e. The lowest BCUT2D eigenvalue weighted by Crippen LogP contribution is -2.14. The molecule has 0 amide bonds. The first-order valence-corrected chi connectivity index (χ1v) is 8.54. The first-order chi connectivity index (χ1) is 9.93. The highest BCUT2D eigenvalue weighted by Crippen LogP contribution is 2.26. The summed E-state index contributed by atoms with van der Waals surface area (Å²) in [4.78, 5) is 10.5. The summed E-state index contributed by atoms with van der Waals surface area (Å²) in [6, 6.07) is 4.65. The molecule has 0 aliphatic heterocycles. The Morgan fingerprint density at radius 1 is 1.43 bits per heavy atom. The van der Waals surface area contributed by atoms with E-state index in [0.717, 1.165) is 12.8 Å². The number of nitrogens with one attached hydrogen (secondary N) is 1. The Hall–Kier alpha value is -1.63. The number of non-ortho nitro benzene ring substituents is 1. The van der Waals surface area contributed by atoms with E-state index in [2.05, 4.69) is 5.32 Å². The van der Waals surface area contributed by atoms with Crippen molar-refractivity contribution in [1.82, 2.24) is 0 Å². The fraction of sp³-hybridized carbons (Fsp3) is 0.571. The van der Waals surface area contributed by atoms with Crippen LogP contribution in [-0.2, 0) is 10.8 Å². The van der Waals surface area contributed by atoms with Crippen molar-refractivity contribution in [2.24, 2.45) is 0 Å². The second-order valence-electron chi connectivity index (χ2n) is 4.85. The van der Waals surface area contributed by atoms with Crippen LogP contribution in [0.25, 0.3) is 0 Å². The zero-order chi connectivity index (χ0) is 15.8. The molecular formula is C14H22N2O4S. The van der Waals surface area contributed by atoms with Gasteiger partial charge in [0.2, 0.25) is 0 Å². The minimum atomic E-state index is -0.862. The molecular weight excluding hydrogens is 292 g/mol. The van der Waals surface area contributed by atoms with Gasteiger partial charge in [-0.15, -0.1) is 0 Å². The SMILES string of the molecule is CCCOc1cc(NCCC(C)S(C)=O)cc([N+](=O)[O-])c1. The smallest absolute Gasteiger partial charge is 0.275 e. The molecule has 2 atom stereocenters. The van der Waals surface area contributed by atoms with Gasteiger partial charge in [0.25, 0.3) is 5.69 Å². The van der Waals surface area contributed by atoms with Crippen LogP contribution in [0.5, 0.6) is 5.75 Å². The third-order valence-corrected chi connectivity index (χ3v) is 4.39. The van der Waals surface area contributed by atoms with Crippen molar-refractivity contribution in [3.05, 3.63) is 28.3 Å². The monoisotopic (exact) mass is 314 g/mol. The second kappa shape index (κ2) is 8.61. The van der Waals surface area contributed by atoms with Gasteiger partial charge in [0.1, 0.15) is 5.75 Å². The quantitative estimate of drug-likeness (QED) is 0.560. The molecule has 0 bridgehead atoms. The fourth-order valence-corrected chi connectivity index (χ4v) is 2.13. The van der Waals surface area contributed by atoms with E-state index in [1.54, 1.807) is 12.3 Å². The van der Waals surface area contributed by atoms with Gasteiger partial charge in [-0.25, -0.2) is 0 Å². The van der Waals surface area contributed by atoms with Gasteiger partial charge >= 0.3 is 0 Å². The summed E-state index contributed by atoms with van der Waals surface area (Å²) < 4.78 is 16.7. The van der Waals surface area contributed by atoms with E-state index in [1.807, 2.05) is 13.8 Å². The zero-order valence-electron chi connectivity index (χ0n) is 12.6. The maximum atomic E-state index is 11.3. The first kappa shape index (κ1) is 17.4. The van der Waals surface area contributed by atoms with Gasteiger partial charge in [-0.05, 0) is 12.8 Å². The summed E-state index contributed by atoms with van der Waals surface area (Å²) in [6.45, 7) is 5.02. The molecule has 2 unspecified atom stereocenters. The molecule has 6 nitrogen and oxygen atoms in total. The normalized spacial score (nSPS) is 13.5. The predicted molar refractivity (Wildman–Crippen MR) is 85.5 cm³/mol. The van der Waals surface area contributed by atoms with Gasteiger partial charge in [-0.3, -0.25) is 14.3 Å². The van der Waals surface area contributed by atoms with Crippen molar-refractivity contribution in [2.45, 2.75) is 31.9 Å². The van der Waals surface area contributed by atoms with Gasteiger partial charge in [-0.1, -0.05) is 13.8 Å². The maximum Gasteiger partial charge on any atom is 0.275 e. The minimum absolute atomic E-state index is 0.00165. The molecule has 0 saturated heterocycles. The first-order valence-electron chi connectivity index (χ1n) is 6.92. The Morgan fingerprint density at radius 2 is 2.14 bits per heavy atom. The zero-order valence-corrected chi connectivity index (χ0v) is 13.4. The Kier molecular flexibility index (Phi) is 7.14. The molecule has 7 heteroatoms. The summed E-state index contributed by atoms with van der Waals surface area (Å²) in [5.41, 5.74) is 0.641. The number of hydrogen-bond acceptors (Lipinski definition) is 5. The van der Waals surface area contributed by atoms with E-state index < -0.39 is 15.7 Å². The van der Waals surface area contributed by atoms with Crippen LogP contribution in [0.2, 0.25) is 0 Å². The largest absolute Gasteiger partial charge is 0.493 e. The standard InChI is InChI=1S/C14H22N2O4S/c1-4-7-20-14-9-12(8-13(10-14)16(17)18)15-6-5-11(2)21(3)19/h8-11,15H,4-7H2,1-3H3. The topological polar surface area (TPSA) is 81.5 Å². The van der Waals surface area contributed by atoms with Crippen LogP contribution in [0, 0.1) is 10.1 Å². The van der Waals surface area contributed by atoms with Gasteiger partial charge in [0.15, 0.2) is 0 Å². The van der Waals surface area contributed by atoms with E-state index in [-0.39, 0.29) is 10.9 Å². The average Bonchev–Trinajstić information content (AvgIpc) is 2.44. The second-order valence-corrected chi connectivity index (χ2v) is 6.65. The Morgan fingerprint density at radius 3 is 2.71 bits per heavy atom. The predicted octanol–water partition coefficient (Wildman–Crippen LogP) is 2.95. The lowest BCUT2D eigenvalue weighted by atomic mass is 10.2. The molecule has 1 aromatic carbocycles. The number of rotatable bonds is 9. The number of hydrogen-bond donors (Lipinski definition) is 1. The summed E-state index contributed by atoms with van der Waals surface area (Å²) >= 11 is 0. The Balaban J connectivity index is 2.73. The third-order valence-electron chi connectivity index (χ3n) is 3.02. The molecule has 1 N–H and O–H groups in total. The van der Waals surface area contributed by atoms with Crippen molar-refractivity contribution in [3.63, 3.8) is 0 Å². The Labute approximate surface area is 127 Å². The fourth-order valence-electron chi connectivity index (χ4n) is 1.68. The van der Waals surface area contributed by atoms with Crippen molar-refractivity contribution >= 4 is 22.2 Å². The number of anilines is 1. The van der Waals surface area contributed by atoms with E-state index in [0.29, 0.717) is 24.6 Å². The molecule has 0 fully saturated rings. The number of ether oxygens (including phenoxy) is 1. The lowest BCUT2D eigenvalue weighted by molar-refractivity contribution is -0.384. The molecule has 0 aromatic heterocycles. The van der Waals surface area contributed by atoms with Crippen LogP contribution >= 0.6 is 0 Å². The van der Waals surface area contributed by atoms with Crippen LogP contribution in [0.4, 0.5) is 11.4 Å². The third kappa shape index (κ3) is 6.12. The van der Waals surface area contributed by atoms with Gasteiger partial charge in [0.05, 0.1) is 17.6 Å². The molecule has 0 spiro atoms. The molecule has 0 radical (unpaired) electrons. The highest BCUT2D eigenvalue weighted by atomic mass is 32.2. The molecule has 118 valence electrons.